The molecule has 0 aromatic heterocycles. The van der Waals surface area contributed by atoms with Gasteiger partial charge in [-0.15, -0.1) is 0 Å². The summed E-state index contributed by atoms with van der Waals surface area (Å²) in [7, 11) is 0. The van der Waals surface area contributed by atoms with Crippen molar-refractivity contribution in [1.82, 2.24) is 0 Å². The van der Waals surface area contributed by atoms with Crippen LogP contribution in [0, 0.1) is 11.8 Å². The highest BCUT2D eigenvalue weighted by molar-refractivity contribution is 4.96. The number of hydrogen-bond acceptors (Lipinski definition) is 1. The van der Waals surface area contributed by atoms with Crippen molar-refractivity contribution < 1.29 is 0 Å². The highest BCUT2D eigenvalue weighted by atomic mass is 14.6. The van der Waals surface area contributed by atoms with Crippen molar-refractivity contribution in [3.8, 4) is 0 Å². The zero-order valence-electron chi connectivity index (χ0n) is 8.77. The van der Waals surface area contributed by atoms with E-state index < -0.39 is 0 Å². The van der Waals surface area contributed by atoms with E-state index in [4.69, 9.17) is 5.73 Å². The molecule has 0 aliphatic rings. The second-order valence-corrected chi connectivity index (χ2v) is 3.71. The molecule has 2 atom stereocenters. The van der Waals surface area contributed by atoms with Gasteiger partial charge in [-0.2, -0.15) is 0 Å². The normalized spacial score (nSPS) is 15.6. The molecule has 2 N–H and O–H groups in total. The molecule has 0 spiro atoms. The summed E-state index contributed by atoms with van der Waals surface area (Å²) < 4.78 is 0. The Morgan fingerprint density at radius 2 is 2.00 bits per heavy atom. The summed E-state index contributed by atoms with van der Waals surface area (Å²) in [4.78, 5) is 0. The Hall–Kier alpha value is -0.460. The van der Waals surface area contributed by atoms with Gasteiger partial charge in [-0.1, -0.05) is 46.6 Å². The summed E-state index contributed by atoms with van der Waals surface area (Å²) in [6.07, 6.45) is 4.93. The zero-order chi connectivity index (χ0) is 9.56. The van der Waals surface area contributed by atoms with Gasteiger partial charge in [-0.3, -0.25) is 0 Å². The maximum atomic E-state index is 5.76. The average Bonchev–Trinajstić information content (AvgIpc) is 2.04. The number of unbranched alkanes of at least 4 members (excludes halogenated alkanes) is 1. The Balaban J connectivity index is 3.94. The molecule has 0 amide bonds. The van der Waals surface area contributed by atoms with Crippen LogP contribution in [-0.2, 0) is 0 Å². The molecule has 0 radical (unpaired) electrons. The largest absolute Gasteiger partial charge is 0.402 e. The predicted molar refractivity (Wildman–Crippen MR) is 55.8 cm³/mol. The molecule has 1 nitrogen and oxygen atoms in total. The van der Waals surface area contributed by atoms with Gasteiger partial charge in [0.2, 0.25) is 0 Å². The van der Waals surface area contributed by atoms with Gasteiger partial charge in [0.1, 0.15) is 0 Å². The predicted octanol–water partition coefficient (Wildman–Crippen LogP) is 3.31. The van der Waals surface area contributed by atoms with E-state index in [0.29, 0.717) is 11.8 Å². The first kappa shape index (κ1) is 11.5. The molecule has 0 aromatic rings. The lowest BCUT2D eigenvalue weighted by atomic mass is 9.85. The number of rotatable bonds is 6. The van der Waals surface area contributed by atoms with E-state index in [1.54, 1.807) is 0 Å². The third-order valence-electron chi connectivity index (χ3n) is 2.68. The first-order valence-electron chi connectivity index (χ1n) is 5.07. The van der Waals surface area contributed by atoms with Crippen molar-refractivity contribution in [2.45, 2.75) is 46.5 Å². The first-order chi connectivity index (χ1) is 5.63. The van der Waals surface area contributed by atoms with Crippen LogP contribution >= 0.6 is 0 Å². The number of hydrogen-bond donors (Lipinski definition) is 1. The summed E-state index contributed by atoms with van der Waals surface area (Å²) >= 11 is 0. The molecule has 0 aliphatic carbocycles. The standard InChI is InChI=1S/C11H23N/c1-5-7-8-11(10(4)12)9(3)6-2/h9,11H,4-8,12H2,1-3H3. The smallest absolute Gasteiger partial charge is 0.00417 e. The minimum Gasteiger partial charge on any atom is -0.402 e. The van der Waals surface area contributed by atoms with Crippen molar-refractivity contribution in [1.29, 1.82) is 0 Å². The fourth-order valence-electron chi connectivity index (χ4n) is 1.54. The topological polar surface area (TPSA) is 26.0 Å². The molecular formula is C11H23N. The van der Waals surface area contributed by atoms with E-state index in [1.165, 1.54) is 25.7 Å². The third-order valence-corrected chi connectivity index (χ3v) is 2.68. The van der Waals surface area contributed by atoms with Crippen LogP contribution in [0.3, 0.4) is 0 Å². The zero-order valence-corrected chi connectivity index (χ0v) is 8.77. The van der Waals surface area contributed by atoms with E-state index in [0.717, 1.165) is 5.70 Å². The van der Waals surface area contributed by atoms with Gasteiger partial charge in [0.25, 0.3) is 0 Å². The third kappa shape index (κ3) is 3.80. The molecule has 72 valence electrons. The molecule has 0 bridgehead atoms. The molecular weight excluding hydrogens is 146 g/mol. The summed E-state index contributed by atoms with van der Waals surface area (Å²) in [6.45, 7) is 10.5. The summed E-state index contributed by atoms with van der Waals surface area (Å²) in [5, 5.41) is 0. The second kappa shape index (κ2) is 6.10. The molecule has 1 heteroatoms. The van der Waals surface area contributed by atoms with Gasteiger partial charge < -0.3 is 5.73 Å². The van der Waals surface area contributed by atoms with Crippen molar-refractivity contribution in [2.75, 3.05) is 0 Å². The highest BCUT2D eigenvalue weighted by Gasteiger charge is 2.15. The molecule has 0 heterocycles. The van der Waals surface area contributed by atoms with Crippen LogP contribution in [0.5, 0.6) is 0 Å². The fourth-order valence-corrected chi connectivity index (χ4v) is 1.54. The van der Waals surface area contributed by atoms with E-state index in [1.807, 2.05) is 0 Å². The van der Waals surface area contributed by atoms with Crippen LogP contribution in [-0.4, -0.2) is 0 Å². The maximum Gasteiger partial charge on any atom is 0.00417 e. The monoisotopic (exact) mass is 169 g/mol. The van der Waals surface area contributed by atoms with E-state index in [2.05, 4.69) is 27.4 Å². The Bertz CT molecular complexity index is 129. The molecule has 0 aromatic carbocycles. The van der Waals surface area contributed by atoms with Crippen molar-refractivity contribution in [3.63, 3.8) is 0 Å². The molecule has 0 rings (SSSR count). The quantitative estimate of drug-likeness (QED) is 0.648. The van der Waals surface area contributed by atoms with Crippen LogP contribution in [0.4, 0.5) is 0 Å². The Kier molecular flexibility index (Phi) is 5.87. The van der Waals surface area contributed by atoms with Crippen LogP contribution in [0.1, 0.15) is 46.5 Å². The Labute approximate surface area is 77.0 Å². The van der Waals surface area contributed by atoms with Gasteiger partial charge in [0, 0.05) is 11.6 Å². The minimum atomic E-state index is 0.537. The molecule has 12 heavy (non-hydrogen) atoms. The average molecular weight is 169 g/mol. The minimum absolute atomic E-state index is 0.537. The molecule has 2 unspecified atom stereocenters. The summed E-state index contributed by atoms with van der Waals surface area (Å²) in [6, 6.07) is 0. The summed E-state index contributed by atoms with van der Waals surface area (Å²) in [5.74, 6) is 1.23. The van der Waals surface area contributed by atoms with E-state index in [9.17, 15) is 0 Å². The van der Waals surface area contributed by atoms with Crippen molar-refractivity contribution >= 4 is 0 Å². The highest BCUT2D eigenvalue weighted by Crippen LogP contribution is 2.24. The molecule has 0 saturated carbocycles. The van der Waals surface area contributed by atoms with Crippen molar-refractivity contribution in [3.05, 3.63) is 12.3 Å². The van der Waals surface area contributed by atoms with Gasteiger partial charge in [0.05, 0.1) is 0 Å². The van der Waals surface area contributed by atoms with Crippen LogP contribution in [0.2, 0.25) is 0 Å². The van der Waals surface area contributed by atoms with Crippen LogP contribution in [0.15, 0.2) is 12.3 Å². The molecule has 0 fully saturated rings. The summed E-state index contributed by atoms with van der Waals surface area (Å²) in [5.41, 5.74) is 6.63. The fraction of sp³-hybridized carbons (Fsp3) is 0.818. The Morgan fingerprint density at radius 1 is 1.42 bits per heavy atom. The molecule has 0 aliphatic heterocycles. The number of nitrogens with two attached hydrogens (primary N) is 1. The van der Waals surface area contributed by atoms with Crippen LogP contribution < -0.4 is 5.73 Å². The van der Waals surface area contributed by atoms with Crippen LogP contribution in [0.25, 0.3) is 0 Å². The van der Waals surface area contributed by atoms with Gasteiger partial charge in [-0.05, 0) is 12.3 Å². The lowest BCUT2D eigenvalue weighted by molar-refractivity contribution is 0.364. The Morgan fingerprint density at radius 3 is 2.33 bits per heavy atom. The van der Waals surface area contributed by atoms with Crippen molar-refractivity contribution in [2.24, 2.45) is 17.6 Å². The van der Waals surface area contributed by atoms with E-state index >= 15 is 0 Å². The van der Waals surface area contributed by atoms with Gasteiger partial charge in [-0.25, -0.2) is 0 Å². The van der Waals surface area contributed by atoms with Gasteiger partial charge in [0.15, 0.2) is 0 Å². The molecule has 0 saturated heterocycles. The lowest BCUT2D eigenvalue weighted by Gasteiger charge is -2.22. The number of allylic oxidation sites excluding steroid dienone is 1. The maximum absolute atomic E-state index is 5.76. The first-order valence-corrected chi connectivity index (χ1v) is 5.07. The SMILES string of the molecule is C=C(N)C(CCCC)C(C)CC. The van der Waals surface area contributed by atoms with Gasteiger partial charge >= 0.3 is 0 Å². The second-order valence-electron chi connectivity index (χ2n) is 3.71. The van der Waals surface area contributed by atoms with E-state index in [-0.39, 0.29) is 0 Å². The lowest BCUT2D eigenvalue weighted by Crippen LogP contribution is -2.18.